The van der Waals surface area contributed by atoms with Crippen LogP contribution in [0.1, 0.15) is 16.7 Å². The third-order valence-corrected chi connectivity index (χ3v) is 5.45. The highest BCUT2D eigenvalue weighted by molar-refractivity contribution is 9.10. The van der Waals surface area contributed by atoms with Gasteiger partial charge in [0.2, 0.25) is 0 Å². The number of halogens is 1. The lowest BCUT2D eigenvalue weighted by molar-refractivity contribution is -0.123. The number of nitriles is 1. The number of nitrogens with one attached hydrogen (secondary N) is 1. The van der Waals surface area contributed by atoms with Crippen LogP contribution in [-0.4, -0.2) is 23.7 Å². The first-order chi connectivity index (χ1) is 16.6. The number of hydrogen-bond donors (Lipinski definition) is 1. The Morgan fingerprint density at radius 1 is 1.06 bits per heavy atom. The molecule has 0 saturated heterocycles. The summed E-state index contributed by atoms with van der Waals surface area (Å²) < 4.78 is 12.2. The molecular weight excluding hydrogens is 496 g/mol. The Morgan fingerprint density at radius 3 is 2.76 bits per heavy atom. The molecule has 4 rings (SSSR count). The highest BCUT2D eigenvalue weighted by Crippen LogP contribution is 2.27. The number of amides is 1. The summed E-state index contributed by atoms with van der Waals surface area (Å²) in [4.78, 5) is 16.4. The van der Waals surface area contributed by atoms with Gasteiger partial charge in [-0.05, 0) is 57.9 Å². The first-order valence-electron chi connectivity index (χ1n) is 10.3. The maximum Gasteiger partial charge on any atom is 0.277 e. The van der Waals surface area contributed by atoms with Gasteiger partial charge in [-0.3, -0.25) is 9.78 Å². The average molecular weight is 515 g/mol. The SMILES string of the molecule is N#Cc1ccccc1COc1ccc(/C=N/NC(=O)COc2cccc3cccnc23)cc1Br. The molecule has 0 fully saturated rings. The van der Waals surface area contributed by atoms with Gasteiger partial charge in [0.05, 0.1) is 22.3 Å². The van der Waals surface area contributed by atoms with Gasteiger partial charge in [-0.2, -0.15) is 10.4 Å². The smallest absolute Gasteiger partial charge is 0.277 e. The normalized spacial score (nSPS) is 10.7. The van der Waals surface area contributed by atoms with Crippen LogP contribution in [0.15, 0.2) is 88.6 Å². The van der Waals surface area contributed by atoms with Crippen molar-refractivity contribution in [3.63, 3.8) is 0 Å². The molecule has 3 aromatic carbocycles. The van der Waals surface area contributed by atoms with E-state index < -0.39 is 0 Å². The van der Waals surface area contributed by atoms with Crippen LogP contribution >= 0.6 is 15.9 Å². The van der Waals surface area contributed by atoms with E-state index in [0.717, 1.165) is 21.0 Å². The third kappa shape index (κ3) is 5.77. The minimum Gasteiger partial charge on any atom is -0.488 e. The maximum absolute atomic E-state index is 12.1. The van der Waals surface area contributed by atoms with Gasteiger partial charge in [-0.25, -0.2) is 5.43 Å². The topological polar surface area (TPSA) is 96.6 Å². The van der Waals surface area contributed by atoms with Gasteiger partial charge in [-0.1, -0.05) is 36.4 Å². The number of aromatic nitrogens is 1. The summed E-state index contributed by atoms with van der Waals surface area (Å²) in [6.45, 7) is 0.0890. The molecule has 0 saturated carbocycles. The number of para-hydroxylation sites is 1. The van der Waals surface area contributed by atoms with Crippen LogP contribution in [0.3, 0.4) is 0 Å². The predicted octanol–water partition coefficient (Wildman–Crippen LogP) is 4.98. The molecule has 4 aromatic rings. The average Bonchev–Trinajstić information content (AvgIpc) is 2.87. The Labute approximate surface area is 204 Å². The van der Waals surface area contributed by atoms with Crippen molar-refractivity contribution in [2.45, 2.75) is 6.61 Å². The van der Waals surface area contributed by atoms with Crippen molar-refractivity contribution in [3.8, 4) is 17.6 Å². The molecule has 34 heavy (non-hydrogen) atoms. The minimum atomic E-state index is -0.389. The number of hydrogen-bond acceptors (Lipinski definition) is 6. The molecule has 0 bridgehead atoms. The Morgan fingerprint density at radius 2 is 1.91 bits per heavy atom. The number of ether oxygens (including phenoxy) is 2. The number of rotatable bonds is 8. The van der Waals surface area contributed by atoms with Gasteiger partial charge in [0, 0.05) is 17.1 Å². The molecule has 0 atom stereocenters. The second-order valence-electron chi connectivity index (χ2n) is 7.16. The molecule has 0 unspecified atom stereocenters. The molecule has 1 aromatic heterocycles. The summed E-state index contributed by atoms with van der Waals surface area (Å²) in [5, 5.41) is 14.1. The quantitative estimate of drug-likeness (QED) is 0.264. The lowest BCUT2D eigenvalue weighted by atomic mass is 10.1. The number of nitrogens with zero attached hydrogens (tertiary/aromatic N) is 3. The molecule has 1 N–H and O–H groups in total. The van der Waals surface area contributed by atoms with Crippen LogP contribution in [-0.2, 0) is 11.4 Å². The fourth-order valence-corrected chi connectivity index (χ4v) is 3.68. The molecule has 0 spiro atoms. The predicted molar refractivity (Wildman–Crippen MR) is 133 cm³/mol. The van der Waals surface area contributed by atoms with Gasteiger partial charge in [0.25, 0.3) is 5.91 Å². The summed E-state index contributed by atoms with van der Waals surface area (Å²) in [6.07, 6.45) is 3.20. The lowest BCUT2D eigenvalue weighted by Crippen LogP contribution is -2.24. The van der Waals surface area contributed by atoms with E-state index in [4.69, 9.17) is 9.47 Å². The fourth-order valence-electron chi connectivity index (χ4n) is 3.17. The molecule has 0 aliphatic rings. The molecular formula is C26H19BrN4O3. The second kappa shape index (κ2) is 11.1. The number of pyridine rings is 1. The number of carbonyl (C=O) groups is 1. The molecule has 168 valence electrons. The van der Waals surface area contributed by atoms with E-state index in [0.29, 0.717) is 22.6 Å². The van der Waals surface area contributed by atoms with Crippen molar-refractivity contribution in [3.05, 3.63) is 100 Å². The lowest BCUT2D eigenvalue weighted by Gasteiger charge is -2.10. The molecule has 1 amide bonds. The summed E-state index contributed by atoms with van der Waals surface area (Å²) in [5.41, 5.74) is 5.30. The molecule has 0 aliphatic heterocycles. The van der Waals surface area contributed by atoms with Crippen LogP contribution in [0.5, 0.6) is 11.5 Å². The highest BCUT2D eigenvalue weighted by atomic mass is 79.9. The third-order valence-electron chi connectivity index (χ3n) is 4.83. The first-order valence-corrected chi connectivity index (χ1v) is 11.1. The Bertz CT molecular complexity index is 1390. The Kier molecular flexibility index (Phi) is 7.48. The highest BCUT2D eigenvalue weighted by Gasteiger charge is 2.07. The van der Waals surface area contributed by atoms with Crippen molar-refractivity contribution in [1.29, 1.82) is 5.26 Å². The van der Waals surface area contributed by atoms with Crippen molar-refractivity contribution in [2.75, 3.05) is 6.61 Å². The van der Waals surface area contributed by atoms with E-state index in [1.54, 1.807) is 24.4 Å². The number of carbonyl (C=O) groups excluding carboxylic acids is 1. The standard InChI is InChI=1S/C26H19BrN4O3/c27-22-13-18(10-11-23(22)33-16-21-6-2-1-5-20(21)14-28)15-30-31-25(32)17-34-24-9-3-7-19-8-4-12-29-26(19)24/h1-13,15H,16-17H2,(H,31,32)/b30-15+. The Balaban J connectivity index is 1.30. The van der Waals surface area contributed by atoms with Crippen LogP contribution < -0.4 is 14.9 Å². The van der Waals surface area contributed by atoms with Crippen molar-refractivity contribution in [2.24, 2.45) is 5.10 Å². The molecule has 1 heterocycles. The molecule has 7 nitrogen and oxygen atoms in total. The number of fused-ring (bicyclic) bond motifs is 1. The Hall–Kier alpha value is -4.22. The van der Waals surface area contributed by atoms with Crippen molar-refractivity contribution in [1.82, 2.24) is 10.4 Å². The zero-order valence-corrected chi connectivity index (χ0v) is 19.5. The van der Waals surface area contributed by atoms with Crippen LogP contribution in [0, 0.1) is 11.3 Å². The summed E-state index contributed by atoms with van der Waals surface area (Å²) in [5.74, 6) is 0.777. The summed E-state index contributed by atoms with van der Waals surface area (Å²) in [6, 6.07) is 24.2. The first kappa shape index (κ1) is 23.0. The van der Waals surface area contributed by atoms with E-state index in [2.05, 4.69) is 37.5 Å². The molecule has 0 aliphatic carbocycles. The maximum atomic E-state index is 12.1. The van der Waals surface area contributed by atoms with Gasteiger partial charge < -0.3 is 9.47 Å². The zero-order chi connectivity index (χ0) is 23.8. The van der Waals surface area contributed by atoms with Gasteiger partial charge >= 0.3 is 0 Å². The van der Waals surface area contributed by atoms with Crippen LogP contribution in [0.2, 0.25) is 0 Å². The van der Waals surface area contributed by atoms with E-state index in [1.165, 1.54) is 6.21 Å². The largest absolute Gasteiger partial charge is 0.488 e. The monoisotopic (exact) mass is 514 g/mol. The van der Waals surface area contributed by atoms with E-state index >= 15 is 0 Å². The van der Waals surface area contributed by atoms with Gasteiger partial charge in [0.15, 0.2) is 6.61 Å². The van der Waals surface area contributed by atoms with Gasteiger partial charge in [-0.15, -0.1) is 0 Å². The number of hydrazone groups is 1. The van der Waals surface area contributed by atoms with Crippen LogP contribution in [0.25, 0.3) is 10.9 Å². The van der Waals surface area contributed by atoms with Crippen molar-refractivity contribution >= 4 is 39.0 Å². The van der Waals surface area contributed by atoms with Crippen molar-refractivity contribution < 1.29 is 14.3 Å². The van der Waals surface area contributed by atoms with E-state index in [-0.39, 0.29) is 19.1 Å². The van der Waals surface area contributed by atoms with E-state index in [9.17, 15) is 10.1 Å². The van der Waals surface area contributed by atoms with E-state index in [1.807, 2.05) is 54.6 Å². The minimum absolute atomic E-state index is 0.187. The summed E-state index contributed by atoms with van der Waals surface area (Å²) in [7, 11) is 0. The van der Waals surface area contributed by atoms with Crippen LogP contribution in [0.4, 0.5) is 0 Å². The second-order valence-corrected chi connectivity index (χ2v) is 8.01. The molecule has 0 radical (unpaired) electrons. The zero-order valence-electron chi connectivity index (χ0n) is 17.9. The van der Waals surface area contributed by atoms with Gasteiger partial charge in [0.1, 0.15) is 23.6 Å². The summed E-state index contributed by atoms with van der Waals surface area (Å²) >= 11 is 3.48. The number of benzene rings is 3. The fraction of sp³-hybridized carbons (Fsp3) is 0.0769. The molecule has 8 heteroatoms.